The summed E-state index contributed by atoms with van der Waals surface area (Å²) in [6, 6.07) is 20.7. The van der Waals surface area contributed by atoms with Crippen molar-refractivity contribution in [1.29, 1.82) is 0 Å². The van der Waals surface area contributed by atoms with E-state index < -0.39 is 88.0 Å². The van der Waals surface area contributed by atoms with Crippen LogP contribution in [-0.4, -0.2) is 46.3 Å². The molecule has 0 bridgehead atoms. The number of amides is 2. The van der Waals surface area contributed by atoms with Crippen LogP contribution in [-0.2, 0) is 15.0 Å². The molecule has 0 fully saturated rings. The fraction of sp³-hybridized carbons (Fsp3) is 0.111. The van der Waals surface area contributed by atoms with E-state index in [2.05, 4.69) is 13.2 Å². The number of alkyl halides is 6. The molecule has 0 radical (unpaired) electrons. The number of esters is 2. The second kappa shape index (κ2) is 14.5. The average molecular weight is 839 g/mol. The second-order valence-corrected chi connectivity index (χ2v) is 14.0. The fourth-order valence-electron chi connectivity index (χ4n) is 8.10. The zero-order chi connectivity index (χ0) is 43.8. The van der Waals surface area contributed by atoms with E-state index in [1.165, 1.54) is 48.5 Å². The van der Waals surface area contributed by atoms with Crippen LogP contribution >= 0.6 is 0 Å². The maximum atomic E-state index is 15.9. The summed E-state index contributed by atoms with van der Waals surface area (Å²) in [5, 5.41) is 24.9. The number of nitrogens with zero attached hydrogens (tertiary/aromatic N) is 2. The Morgan fingerprint density at radius 1 is 0.574 bits per heavy atom. The third-order valence-corrected chi connectivity index (χ3v) is 10.7. The van der Waals surface area contributed by atoms with E-state index in [0.29, 0.717) is 69.1 Å². The summed E-state index contributed by atoms with van der Waals surface area (Å²) in [6.45, 7) is 6.54. The molecule has 10 nitrogen and oxygen atoms in total. The molecule has 2 N–H and O–H groups in total. The highest BCUT2D eigenvalue weighted by Gasteiger charge is 2.73. The summed E-state index contributed by atoms with van der Waals surface area (Å²) in [6.07, 6.45) is -15.3. The van der Waals surface area contributed by atoms with Gasteiger partial charge >= 0.3 is 24.3 Å². The van der Waals surface area contributed by atoms with Crippen molar-refractivity contribution in [2.75, 3.05) is 9.80 Å². The number of anilines is 2. The van der Waals surface area contributed by atoms with Crippen molar-refractivity contribution >= 4 is 56.7 Å². The minimum Gasteiger partial charge on any atom is -0.421 e. The van der Waals surface area contributed by atoms with Gasteiger partial charge in [-0.15, -0.1) is 0 Å². The van der Waals surface area contributed by atoms with E-state index in [4.69, 9.17) is 9.47 Å². The summed E-state index contributed by atoms with van der Waals surface area (Å²) >= 11 is 0. The highest BCUT2D eigenvalue weighted by molar-refractivity contribution is 6.19. The van der Waals surface area contributed by atoms with E-state index in [1.807, 2.05) is 0 Å². The highest BCUT2D eigenvalue weighted by atomic mass is 19.4. The van der Waals surface area contributed by atoms with Crippen molar-refractivity contribution in [3.05, 3.63) is 168 Å². The van der Waals surface area contributed by atoms with Crippen molar-refractivity contribution < 1.29 is 65.2 Å². The van der Waals surface area contributed by atoms with Gasteiger partial charge < -0.3 is 19.7 Å². The molecular formula is C45H28F6N2O8. The van der Waals surface area contributed by atoms with Crippen molar-refractivity contribution in [3.63, 3.8) is 0 Å². The lowest BCUT2D eigenvalue weighted by Gasteiger charge is -2.40. The Morgan fingerprint density at radius 3 is 1.28 bits per heavy atom. The number of hydrogen-bond acceptors (Lipinski definition) is 8. The molecular weight excluding hydrogens is 810 g/mol. The molecule has 8 rings (SSSR count). The lowest BCUT2D eigenvalue weighted by atomic mass is 9.72. The lowest BCUT2D eigenvalue weighted by molar-refractivity contribution is -0.288. The molecule has 0 aromatic heterocycles. The van der Waals surface area contributed by atoms with Gasteiger partial charge in [-0.25, -0.2) is 9.59 Å². The zero-order valence-corrected chi connectivity index (χ0v) is 31.1. The first-order valence-electron chi connectivity index (χ1n) is 18.1. The molecule has 2 heterocycles. The normalized spacial score (nSPS) is 16.5. The Balaban J connectivity index is 1.39. The number of carbonyl (C=O) groups excluding carboxylic acids is 4. The number of ether oxygens (including phenoxy) is 2. The number of benzene rings is 6. The first kappa shape index (κ1) is 40.5. The largest absolute Gasteiger partial charge is 0.421 e. The standard InChI is InChI=1S/C45H28F6N2O8/c1-3-35(54)60-33-19-17-25(21-31(33)52-39(56)27-13-5-9-23-10-6-14-28(37(23)27)40(52)57)43(44(46,47)48,45(49,50)51)26-18-20-34(61-36(55)4-2)32(22-26)53-41(58)29-15-7-11-24-12-8-16-30(38(24)29)42(53)59/h3-22,39,41,56,58H,1-2H2. The van der Waals surface area contributed by atoms with Gasteiger partial charge in [0.05, 0.1) is 11.4 Å². The quantitative estimate of drug-likeness (QED) is 0.0673. The predicted molar refractivity (Wildman–Crippen MR) is 209 cm³/mol. The molecule has 0 aliphatic carbocycles. The molecule has 6 aromatic carbocycles. The number of halogens is 6. The van der Waals surface area contributed by atoms with Crippen LogP contribution in [0.25, 0.3) is 21.5 Å². The molecule has 6 aromatic rings. The van der Waals surface area contributed by atoms with Crippen LogP contribution in [0.2, 0.25) is 0 Å². The summed E-state index contributed by atoms with van der Waals surface area (Å²) in [5.74, 6) is -5.95. The number of carbonyl (C=O) groups is 4. The van der Waals surface area contributed by atoms with Crippen LogP contribution < -0.4 is 19.3 Å². The van der Waals surface area contributed by atoms with E-state index in [9.17, 15) is 29.4 Å². The summed E-state index contributed by atoms with van der Waals surface area (Å²) in [4.78, 5) is 54.4. The van der Waals surface area contributed by atoms with Gasteiger partial charge in [0.1, 0.15) is 0 Å². The molecule has 0 spiro atoms. The smallest absolute Gasteiger partial charge is 0.411 e. The molecule has 0 saturated carbocycles. The van der Waals surface area contributed by atoms with Gasteiger partial charge in [0, 0.05) is 45.2 Å². The van der Waals surface area contributed by atoms with Gasteiger partial charge in [0.25, 0.3) is 11.8 Å². The number of rotatable bonds is 8. The van der Waals surface area contributed by atoms with Crippen LogP contribution in [0.4, 0.5) is 37.7 Å². The zero-order valence-electron chi connectivity index (χ0n) is 31.1. The molecule has 2 aliphatic rings. The molecule has 2 aliphatic heterocycles. The topological polar surface area (TPSA) is 134 Å². The Morgan fingerprint density at radius 2 is 0.934 bits per heavy atom. The first-order valence-corrected chi connectivity index (χ1v) is 18.1. The number of aliphatic hydroxyl groups is 2. The van der Waals surface area contributed by atoms with Gasteiger partial charge in [-0.2, -0.15) is 26.3 Å². The van der Waals surface area contributed by atoms with Crippen LogP contribution in [0, 0.1) is 0 Å². The lowest BCUT2D eigenvalue weighted by Crippen LogP contribution is -2.55. The Labute approximate surface area is 340 Å². The van der Waals surface area contributed by atoms with Gasteiger partial charge in [-0.3, -0.25) is 19.4 Å². The third-order valence-electron chi connectivity index (χ3n) is 10.7. The SMILES string of the molecule is C=CC(=O)Oc1ccc(C(c2ccc(OC(=O)C=C)c(N3C(=O)c4cccc5cccc(c45)C3O)c2)(C(F)(F)F)C(F)(F)F)cc1N1C(=O)c2cccc3cccc(c23)C1O. The van der Waals surface area contributed by atoms with Crippen LogP contribution in [0.5, 0.6) is 11.5 Å². The Bertz CT molecular complexity index is 2680. The molecule has 61 heavy (non-hydrogen) atoms. The number of hydrogen-bond donors (Lipinski definition) is 2. The minimum atomic E-state index is -6.30. The summed E-state index contributed by atoms with van der Waals surface area (Å²) < 4.78 is 106. The molecule has 2 amide bonds. The van der Waals surface area contributed by atoms with E-state index in [1.54, 1.807) is 24.3 Å². The molecule has 2 atom stereocenters. The first-order chi connectivity index (χ1) is 28.9. The van der Waals surface area contributed by atoms with Crippen molar-refractivity contribution in [1.82, 2.24) is 0 Å². The average Bonchev–Trinajstić information content (AvgIpc) is 3.22. The minimum absolute atomic E-state index is 0.0633. The molecule has 2 unspecified atom stereocenters. The van der Waals surface area contributed by atoms with Crippen LogP contribution in [0.3, 0.4) is 0 Å². The predicted octanol–water partition coefficient (Wildman–Crippen LogP) is 8.89. The molecule has 0 saturated heterocycles. The third kappa shape index (κ3) is 6.13. The van der Waals surface area contributed by atoms with Crippen molar-refractivity contribution in [3.8, 4) is 11.5 Å². The van der Waals surface area contributed by atoms with Crippen LogP contribution in [0.1, 0.15) is 55.4 Å². The second-order valence-electron chi connectivity index (χ2n) is 14.0. The van der Waals surface area contributed by atoms with Crippen LogP contribution in [0.15, 0.2) is 135 Å². The fourth-order valence-corrected chi connectivity index (χ4v) is 8.10. The summed E-state index contributed by atoms with van der Waals surface area (Å²) in [5.41, 5.74) is -9.95. The molecule has 308 valence electrons. The van der Waals surface area contributed by atoms with Gasteiger partial charge in [0.2, 0.25) is 5.41 Å². The maximum Gasteiger partial charge on any atom is 0.411 e. The monoisotopic (exact) mass is 838 g/mol. The Hall–Kier alpha value is -7.30. The van der Waals surface area contributed by atoms with E-state index >= 15 is 26.3 Å². The van der Waals surface area contributed by atoms with Crippen molar-refractivity contribution in [2.24, 2.45) is 0 Å². The van der Waals surface area contributed by atoms with E-state index in [0.717, 1.165) is 0 Å². The van der Waals surface area contributed by atoms with Gasteiger partial charge in [-0.1, -0.05) is 86.0 Å². The summed E-state index contributed by atoms with van der Waals surface area (Å²) in [7, 11) is 0. The highest BCUT2D eigenvalue weighted by Crippen LogP contribution is 2.59. The number of aliphatic hydroxyl groups excluding tert-OH is 2. The molecule has 16 heteroatoms. The van der Waals surface area contributed by atoms with Gasteiger partial charge in [0.15, 0.2) is 24.0 Å². The maximum absolute atomic E-state index is 15.9. The Kier molecular flexibility index (Phi) is 9.60. The van der Waals surface area contributed by atoms with Gasteiger partial charge in [-0.05, 0) is 58.3 Å². The van der Waals surface area contributed by atoms with Crippen molar-refractivity contribution in [2.45, 2.75) is 30.2 Å². The van der Waals surface area contributed by atoms with E-state index in [-0.39, 0.29) is 33.0 Å².